The quantitative estimate of drug-likeness (QED) is 0.791. The van der Waals surface area contributed by atoms with Gasteiger partial charge in [-0.3, -0.25) is 4.79 Å². The number of nitrogens with one attached hydrogen (secondary N) is 1. The molecule has 0 fully saturated rings. The Morgan fingerprint density at radius 2 is 2.06 bits per heavy atom. The van der Waals surface area contributed by atoms with Crippen LogP contribution < -0.4 is 11.1 Å². The number of carbonyl (C=O) groups is 1. The smallest absolute Gasteiger partial charge is 0.234 e. The molecule has 1 aromatic carbocycles. The molecule has 1 rings (SSSR count). The van der Waals surface area contributed by atoms with Gasteiger partial charge in [-0.2, -0.15) is 0 Å². The van der Waals surface area contributed by atoms with Crippen molar-refractivity contribution >= 4 is 5.91 Å². The molecule has 0 spiro atoms. The maximum atomic E-state index is 10.9. The van der Waals surface area contributed by atoms with E-state index in [9.17, 15) is 4.79 Å². The van der Waals surface area contributed by atoms with E-state index in [1.54, 1.807) is 0 Å². The fourth-order valence-electron chi connectivity index (χ4n) is 1.49. The van der Waals surface area contributed by atoms with Crippen molar-refractivity contribution in [2.45, 2.75) is 26.2 Å². The summed E-state index contributed by atoms with van der Waals surface area (Å²) in [7, 11) is 0. The lowest BCUT2D eigenvalue weighted by molar-refractivity contribution is -0.119. The summed E-state index contributed by atoms with van der Waals surface area (Å²) in [5.41, 5.74) is 7.46. The van der Waals surface area contributed by atoms with Gasteiger partial charge >= 0.3 is 0 Å². The van der Waals surface area contributed by atoms with E-state index in [1.807, 2.05) is 12.1 Å². The van der Waals surface area contributed by atoms with E-state index in [4.69, 9.17) is 5.73 Å². The van der Waals surface area contributed by atoms with Gasteiger partial charge in [-0.15, -0.1) is 0 Å². The van der Waals surface area contributed by atoms with Crippen LogP contribution in [0.15, 0.2) is 24.3 Å². The summed E-state index contributed by atoms with van der Waals surface area (Å²) < 4.78 is 0. The minimum atomic E-state index is -0.184. The molecule has 0 radical (unpaired) electrons. The van der Waals surface area contributed by atoms with Gasteiger partial charge in [0, 0.05) is 5.56 Å². The van der Waals surface area contributed by atoms with E-state index < -0.39 is 0 Å². The molecule has 96 valence electrons. The van der Waals surface area contributed by atoms with Gasteiger partial charge in [-0.25, -0.2) is 0 Å². The lowest BCUT2D eigenvalue weighted by Crippen LogP contribution is -2.30. The summed E-state index contributed by atoms with van der Waals surface area (Å²) in [6.45, 7) is 4.73. The average molecular weight is 244 g/mol. The number of benzene rings is 1. The first-order chi connectivity index (χ1) is 8.67. The minimum absolute atomic E-state index is 0.00524. The van der Waals surface area contributed by atoms with E-state index in [1.165, 1.54) is 5.56 Å². The second-order valence-electron chi connectivity index (χ2n) is 4.21. The second-order valence-corrected chi connectivity index (χ2v) is 4.21. The summed E-state index contributed by atoms with van der Waals surface area (Å²) in [6, 6.07) is 8.24. The van der Waals surface area contributed by atoms with Gasteiger partial charge in [0.15, 0.2) is 0 Å². The first kappa shape index (κ1) is 14.3. The predicted octanol–water partition coefficient (Wildman–Crippen LogP) is 1.63. The molecule has 3 nitrogen and oxygen atoms in total. The van der Waals surface area contributed by atoms with Crippen LogP contribution in [-0.2, 0) is 4.79 Å². The molecule has 0 aliphatic rings. The molecule has 0 heterocycles. The molecule has 18 heavy (non-hydrogen) atoms. The Bertz CT molecular complexity index is 440. The zero-order chi connectivity index (χ0) is 13.4. The highest BCUT2D eigenvalue weighted by atomic mass is 16.1. The molecule has 1 atom stereocenters. The third-order valence-corrected chi connectivity index (χ3v) is 2.88. The lowest BCUT2D eigenvalue weighted by Gasteiger charge is -2.07. The van der Waals surface area contributed by atoms with Crippen LogP contribution >= 0.6 is 0 Å². The number of hydrogen-bond donors (Lipinski definition) is 2. The van der Waals surface area contributed by atoms with E-state index in [0.717, 1.165) is 12.0 Å². The van der Waals surface area contributed by atoms with Crippen LogP contribution in [0, 0.1) is 11.8 Å². The van der Waals surface area contributed by atoms with Crippen molar-refractivity contribution < 1.29 is 4.79 Å². The SMILES string of the molecule is CCC(C)c1ccc(C#CCNC(=O)CN)cc1. The van der Waals surface area contributed by atoms with Gasteiger partial charge in [-0.05, 0) is 30.0 Å². The normalized spacial score (nSPS) is 11.3. The zero-order valence-electron chi connectivity index (χ0n) is 11.0. The van der Waals surface area contributed by atoms with Crippen molar-refractivity contribution in [3.8, 4) is 11.8 Å². The van der Waals surface area contributed by atoms with E-state index >= 15 is 0 Å². The Morgan fingerprint density at radius 1 is 1.39 bits per heavy atom. The van der Waals surface area contributed by atoms with Gasteiger partial charge in [0.1, 0.15) is 0 Å². The highest BCUT2D eigenvalue weighted by Crippen LogP contribution is 2.18. The molecule has 1 aromatic rings. The summed E-state index contributed by atoms with van der Waals surface area (Å²) in [6.07, 6.45) is 1.14. The lowest BCUT2D eigenvalue weighted by atomic mass is 9.98. The van der Waals surface area contributed by atoms with Crippen LogP contribution in [0.5, 0.6) is 0 Å². The van der Waals surface area contributed by atoms with Gasteiger partial charge in [0.05, 0.1) is 13.1 Å². The highest BCUT2D eigenvalue weighted by Gasteiger charge is 2.01. The topological polar surface area (TPSA) is 55.1 Å². The molecule has 0 saturated heterocycles. The van der Waals surface area contributed by atoms with Crippen molar-refractivity contribution in [2.75, 3.05) is 13.1 Å². The third-order valence-electron chi connectivity index (χ3n) is 2.88. The molecule has 3 heteroatoms. The number of hydrogen-bond acceptors (Lipinski definition) is 2. The van der Waals surface area contributed by atoms with Gasteiger partial charge in [-0.1, -0.05) is 37.8 Å². The first-order valence-electron chi connectivity index (χ1n) is 6.23. The van der Waals surface area contributed by atoms with Crippen LogP contribution in [0.25, 0.3) is 0 Å². The van der Waals surface area contributed by atoms with Crippen molar-refractivity contribution in [3.05, 3.63) is 35.4 Å². The molecule has 1 unspecified atom stereocenters. The fourth-order valence-corrected chi connectivity index (χ4v) is 1.49. The van der Waals surface area contributed by atoms with Crippen molar-refractivity contribution in [1.82, 2.24) is 5.32 Å². The molecular formula is C15H20N2O. The van der Waals surface area contributed by atoms with Crippen molar-refractivity contribution in [1.29, 1.82) is 0 Å². The van der Waals surface area contributed by atoms with Gasteiger partial charge in [0.25, 0.3) is 0 Å². The minimum Gasteiger partial charge on any atom is -0.344 e. The molecule has 0 aromatic heterocycles. The van der Waals surface area contributed by atoms with Crippen LogP contribution in [0.3, 0.4) is 0 Å². The maximum Gasteiger partial charge on any atom is 0.234 e. The van der Waals surface area contributed by atoms with Crippen LogP contribution in [0.2, 0.25) is 0 Å². The Morgan fingerprint density at radius 3 is 2.61 bits per heavy atom. The van der Waals surface area contributed by atoms with Gasteiger partial charge in [0.2, 0.25) is 5.91 Å². The molecule has 0 saturated carbocycles. The largest absolute Gasteiger partial charge is 0.344 e. The third kappa shape index (κ3) is 4.60. The highest BCUT2D eigenvalue weighted by molar-refractivity contribution is 5.77. The Hall–Kier alpha value is -1.79. The van der Waals surface area contributed by atoms with E-state index in [-0.39, 0.29) is 12.5 Å². The number of carbonyl (C=O) groups excluding carboxylic acids is 1. The fraction of sp³-hybridized carbons (Fsp3) is 0.400. The molecule has 3 N–H and O–H groups in total. The molecule has 0 bridgehead atoms. The summed E-state index contributed by atoms with van der Waals surface area (Å²) >= 11 is 0. The summed E-state index contributed by atoms with van der Waals surface area (Å²) in [4.78, 5) is 10.9. The summed E-state index contributed by atoms with van der Waals surface area (Å²) in [5.74, 6) is 6.29. The van der Waals surface area contributed by atoms with Crippen molar-refractivity contribution in [2.24, 2.45) is 5.73 Å². The standard InChI is InChI=1S/C15H20N2O/c1-3-12(2)14-8-6-13(7-9-14)5-4-10-17-15(18)11-16/h6-9,12H,3,10-11,16H2,1-2H3,(H,17,18). The van der Waals surface area contributed by atoms with Crippen LogP contribution in [-0.4, -0.2) is 19.0 Å². The molecule has 0 aliphatic heterocycles. The molecular weight excluding hydrogens is 224 g/mol. The predicted molar refractivity (Wildman–Crippen MR) is 74.1 cm³/mol. The Balaban J connectivity index is 2.53. The molecule has 1 amide bonds. The second kappa shape index (κ2) is 7.52. The Labute approximate surface area is 109 Å². The van der Waals surface area contributed by atoms with Crippen LogP contribution in [0.4, 0.5) is 0 Å². The zero-order valence-corrected chi connectivity index (χ0v) is 11.0. The first-order valence-corrected chi connectivity index (χ1v) is 6.23. The molecule has 0 aliphatic carbocycles. The number of nitrogens with two attached hydrogens (primary N) is 1. The van der Waals surface area contributed by atoms with E-state index in [2.05, 4.69) is 43.1 Å². The van der Waals surface area contributed by atoms with Gasteiger partial charge < -0.3 is 11.1 Å². The summed E-state index contributed by atoms with van der Waals surface area (Å²) in [5, 5.41) is 2.60. The van der Waals surface area contributed by atoms with E-state index in [0.29, 0.717) is 12.5 Å². The monoisotopic (exact) mass is 244 g/mol. The number of rotatable bonds is 4. The van der Waals surface area contributed by atoms with Crippen molar-refractivity contribution in [3.63, 3.8) is 0 Å². The Kier molecular flexibility index (Phi) is 5.96. The van der Waals surface area contributed by atoms with Crippen LogP contribution in [0.1, 0.15) is 37.3 Å². The maximum absolute atomic E-state index is 10.9. The number of amides is 1. The average Bonchev–Trinajstić information content (AvgIpc) is 2.43.